The van der Waals surface area contributed by atoms with Crippen LogP contribution < -0.4 is 0 Å². The number of ether oxygens (including phenoxy) is 1. The molecule has 1 atom stereocenters. The minimum atomic E-state index is 0.858. The Labute approximate surface area is 89.6 Å². The van der Waals surface area contributed by atoms with Gasteiger partial charge in [0, 0.05) is 13.7 Å². The standard InChI is InChI=1S/C12H27NO/c1-5-8-13(10-11-14-4)9-7-12(3)6-2/h12H,5-11H2,1-4H3. The molecule has 0 aromatic carbocycles. The van der Waals surface area contributed by atoms with Crippen LogP contribution in [0.3, 0.4) is 0 Å². The average molecular weight is 201 g/mol. The summed E-state index contributed by atoms with van der Waals surface area (Å²) >= 11 is 0. The maximum Gasteiger partial charge on any atom is 0.0589 e. The monoisotopic (exact) mass is 201 g/mol. The van der Waals surface area contributed by atoms with Gasteiger partial charge in [-0.2, -0.15) is 0 Å². The van der Waals surface area contributed by atoms with Crippen LogP contribution in [0.4, 0.5) is 0 Å². The first-order valence-electron chi connectivity index (χ1n) is 5.95. The lowest BCUT2D eigenvalue weighted by molar-refractivity contribution is 0.143. The van der Waals surface area contributed by atoms with Gasteiger partial charge in [0.25, 0.3) is 0 Å². The van der Waals surface area contributed by atoms with Crippen LogP contribution >= 0.6 is 0 Å². The van der Waals surface area contributed by atoms with Crippen molar-refractivity contribution in [2.45, 2.75) is 40.0 Å². The fourth-order valence-corrected chi connectivity index (χ4v) is 1.48. The molecule has 0 N–H and O–H groups in total. The largest absolute Gasteiger partial charge is 0.383 e. The number of nitrogens with zero attached hydrogens (tertiary/aromatic N) is 1. The van der Waals surface area contributed by atoms with Crippen molar-refractivity contribution in [1.29, 1.82) is 0 Å². The summed E-state index contributed by atoms with van der Waals surface area (Å²) in [5.41, 5.74) is 0. The van der Waals surface area contributed by atoms with Crippen molar-refractivity contribution < 1.29 is 4.74 Å². The molecule has 0 spiro atoms. The molecule has 0 heterocycles. The summed E-state index contributed by atoms with van der Waals surface area (Å²) in [5, 5.41) is 0. The fraction of sp³-hybridized carbons (Fsp3) is 1.00. The van der Waals surface area contributed by atoms with Crippen molar-refractivity contribution in [3.05, 3.63) is 0 Å². The van der Waals surface area contributed by atoms with Crippen molar-refractivity contribution in [3.63, 3.8) is 0 Å². The summed E-state index contributed by atoms with van der Waals surface area (Å²) in [4.78, 5) is 2.51. The van der Waals surface area contributed by atoms with Crippen molar-refractivity contribution in [3.8, 4) is 0 Å². The van der Waals surface area contributed by atoms with Crippen LogP contribution in [0, 0.1) is 5.92 Å². The van der Waals surface area contributed by atoms with E-state index in [-0.39, 0.29) is 0 Å². The molecule has 0 radical (unpaired) electrons. The number of hydrogen-bond acceptors (Lipinski definition) is 2. The van der Waals surface area contributed by atoms with Gasteiger partial charge in [0.15, 0.2) is 0 Å². The molecule has 0 bridgehead atoms. The molecule has 2 heteroatoms. The van der Waals surface area contributed by atoms with Crippen LogP contribution in [-0.4, -0.2) is 38.3 Å². The third-order valence-corrected chi connectivity index (χ3v) is 2.79. The Bertz CT molecular complexity index is 117. The second-order valence-electron chi connectivity index (χ2n) is 4.14. The third-order valence-electron chi connectivity index (χ3n) is 2.79. The van der Waals surface area contributed by atoms with E-state index in [1.54, 1.807) is 7.11 Å². The molecule has 0 aromatic heterocycles. The van der Waals surface area contributed by atoms with Crippen molar-refractivity contribution in [2.24, 2.45) is 5.92 Å². The zero-order valence-corrected chi connectivity index (χ0v) is 10.4. The smallest absolute Gasteiger partial charge is 0.0589 e. The van der Waals surface area contributed by atoms with E-state index in [0.717, 1.165) is 19.1 Å². The van der Waals surface area contributed by atoms with Gasteiger partial charge >= 0.3 is 0 Å². The highest BCUT2D eigenvalue weighted by Gasteiger charge is 2.05. The van der Waals surface area contributed by atoms with E-state index in [0.29, 0.717) is 0 Å². The van der Waals surface area contributed by atoms with Gasteiger partial charge in [-0.1, -0.05) is 27.2 Å². The highest BCUT2D eigenvalue weighted by atomic mass is 16.5. The lowest BCUT2D eigenvalue weighted by Crippen LogP contribution is -2.30. The molecule has 0 rings (SSSR count). The van der Waals surface area contributed by atoms with E-state index in [4.69, 9.17) is 4.74 Å². The van der Waals surface area contributed by atoms with Gasteiger partial charge in [-0.05, 0) is 31.8 Å². The SMILES string of the molecule is CCCN(CCOC)CCC(C)CC. The number of rotatable bonds is 9. The van der Waals surface area contributed by atoms with E-state index in [1.165, 1.54) is 32.4 Å². The van der Waals surface area contributed by atoms with Crippen LogP contribution in [0.25, 0.3) is 0 Å². The third kappa shape index (κ3) is 7.34. The molecule has 1 unspecified atom stereocenters. The lowest BCUT2D eigenvalue weighted by Gasteiger charge is -2.22. The van der Waals surface area contributed by atoms with Crippen LogP contribution in [0.1, 0.15) is 40.0 Å². The van der Waals surface area contributed by atoms with Gasteiger partial charge < -0.3 is 9.64 Å². The second kappa shape index (κ2) is 9.47. The molecule has 0 amide bonds. The highest BCUT2D eigenvalue weighted by Crippen LogP contribution is 2.07. The van der Waals surface area contributed by atoms with E-state index in [9.17, 15) is 0 Å². The first kappa shape index (κ1) is 13.9. The van der Waals surface area contributed by atoms with Crippen LogP contribution in [0.5, 0.6) is 0 Å². The lowest BCUT2D eigenvalue weighted by atomic mass is 10.1. The predicted molar refractivity (Wildman–Crippen MR) is 62.7 cm³/mol. The van der Waals surface area contributed by atoms with E-state index in [2.05, 4.69) is 25.7 Å². The Hall–Kier alpha value is -0.0800. The molecule has 0 fully saturated rings. The van der Waals surface area contributed by atoms with Crippen LogP contribution in [0.15, 0.2) is 0 Å². The van der Waals surface area contributed by atoms with Gasteiger partial charge in [0.1, 0.15) is 0 Å². The minimum absolute atomic E-state index is 0.858. The molecular weight excluding hydrogens is 174 g/mol. The molecule has 0 saturated heterocycles. The molecule has 0 aliphatic carbocycles. The molecule has 0 saturated carbocycles. The Balaban J connectivity index is 3.60. The topological polar surface area (TPSA) is 12.5 Å². The average Bonchev–Trinajstić information content (AvgIpc) is 2.21. The summed E-state index contributed by atoms with van der Waals surface area (Å²) in [6, 6.07) is 0. The first-order chi connectivity index (χ1) is 6.74. The van der Waals surface area contributed by atoms with E-state index >= 15 is 0 Å². The maximum atomic E-state index is 5.11. The van der Waals surface area contributed by atoms with Crippen LogP contribution in [-0.2, 0) is 4.74 Å². The Morgan fingerprint density at radius 3 is 2.36 bits per heavy atom. The Kier molecular flexibility index (Phi) is 9.42. The summed E-state index contributed by atoms with van der Waals surface area (Å²) in [5.74, 6) is 0.858. The normalized spacial score (nSPS) is 13.5. The van der Waals surface area contributed by atoms with Crippen LogP contribution in [0.2, 0.25) is 0 Å². The molecule has 2 nitrogen and oxygen atoms in total. The van der Waals surface area contributed by atoms with Gasteiger partial charge in [-0.15, -0.1) is 0 Å². The fourth-order valence-electron chi connectivity index (χ4n) is 1.48. The highest BCUT2D eigenvalue weighted by molar-refractivity contribution is 4.59. The summed E-state index contributed by atoms with van der Waals surface area (Å²) in [6.07, 6.45) is 3.86. The van der Waals surface area contributed by atoms with Crippen molar-refractivity contribution >= 4 is 0 Å². The van der Waals surface area contributed by atoms with Crippen molar-refractivity contribution in [1.82, 2.24) is 4.90 Å². The number of hydrogen-bond donors (Lipinski definition) is 0. The summed E-state index contributed by atoms with van der Waals surface area (Å²) < 4.78 is 5.11. The van der Waals surface area contributed by atoms with Gasteiger partial charge in [-0.3, -0.25) is 0 Å². The number of methoxy groups -OCH3 is 1. The quantitative estimate of drug-likeness (QED) is 0.569. The molecule has 0 aliphatic heterocycles. The molecule has 0 aromatic rings. The van der Waals surface area contributed by atoms with Gasteiger partial charge in [0.2, 0.25) is 0 Å². The maximum absolute atomic E-state index is 5.11. The molecular formula is C12H27NO. The van der Waals surface area contributed by atoms with E-state index in [1.807, 2.05) is 0 Å². The van der Waals surface area contributed by atoms with E-state index < -0.39 is 0 Å². The Morgan fingerprint density at radius 1 is 1.14 bits per heavy atom. The summed E-state index contributed by atoms with van der Waals surface area (Å²) in [6.45, 7) is 11.2. The van der Waals surface area contributed by atoms with Crippen molar-refractivity contribution in [2.75, 3.05) is 33.4 Å². The van der Waals surface area contributed by atoms with Gasteiger partial charge in [0.05, 0.1) is 6.61 Å². The first-order valence-corrected chi connectivity index (χ1v) is 5.95. The molecule has 86 valence electrons. The zero-order valence-electron chi connectivity index (χ0n) is 10.4. The second-order valence-corrected chi connectivity index (χ2v) is 4.14. The zero-order chi connectivity index (χ0) is 10.8. The minimum Gasteiger partial charge on any atom is -0.383 e. The predicted octanol–water partition coefficient (Wildman–Crippen LogP) is 2.78. The molecule has 14 heavy (non-hydrogen) atoms. The molecule has 0 aliphatic rings. The van der Waals surface area contributed by atoms with Gasteiger partial charge in [-0.25, -0.2) is 0 Å². The summed E-state index contributed by atoms with van der Waals surface area (Å²) in [7, 11) is 1.78. The Morgan fingerprint density at radius 2 is 1.86 bits per heavy atom.